The molecule has 0 aliphatic carbocycles. The van der Waals surface area contributed by atoms with E-state index >= 15 is 0 Å². The average Bonchev–Trinajstić information content (AvgIpc) is 2.89. The van der Waals surface area contributed by atoms with Gasteiger partial charge in [0.15, 0.2) is 9.84 Å². The third-order valence-corrected chi connectivity index (χ3v) is 7.05. The molecule has 1 aliphatic rings. The Morgan fingerprint density at radius 2 is 2.09 bits per heavy atom. The summed E-state index contributed by atoms with van der Waals surface area (Å²) in [6.07, 6.45) is 2.44. The molecular weight excluding hydrogens is 334 g/mol. The molecule has 1 heterocycles. The summed E-state index contributed by atoms with van der Waals surface area (Å²) >= 11 is 1.45. The molecule has 1 aliphatic heterocycles. The van der Waals surface area contributed by atoms with Gasteiger partial charge in [0.1, 0.15) is 5.75 Å². The number of thioether (sulfide) groups is 1. The maximum Gasteiger partial charge on any atom is 0.230 e. The monoisotopic (exact) mass is 357 g/mol. The average molecular weight is 357 g/mol. The highest BCUT2D eigenvalue weighted by Crippen LogP contribution is 2.23. The molecule has 1 N–H and O–H groups in total. The fraction of sp³-hybridized carbons (Fsp3) is 0.562. The number of benzene rings is 1. The van der Waals surface area contributed by atoms with Crippen molar-refractivity contribution in [2.75, 3.05) is 30.9 Å². The second-order valence-electron chi connectivity index (χ2n) is 5.64. The van der Waals surface area contributed by atoms with Crippen LogP contribution in [0.15, 0.2) is 24.3 Å². The molecule has 2 rings (SSSR count). The molecule has 7 heteroatoms. The third kappa shape index (κ3) is 6.43. The lowest BCUT2D eigenvalue weighted by Gasteiger charge is -2.08. The Balaban J connectivity index is 1.57. The minimum atomic E-state index is -2.86. The van der Waals surface area contributed by atoms with Crippen LogP contribution in [-0.2, 0) is 21.1 Å². The lowest BCUT2D eigenvalue weighted by Crippen LogP contribution is -2.27. The summed E-state index contributed by atoms with van der Waals surface area (Å²) in [7, 11) is -1.22. The minimum Gasteiger partial charge on any atom is -0.497 e. The molecule has 0 aromatic heterocycles. The summed E-state index contributed by atoms with van der Waals surface area (Å²) in [5, 5.41) is 2.96. The highest BCUT2D eigenvalue weighted by molar-refractivity contribution is 8.02. The maximum absolute atomic E-state index is 11.8. The van der Waals surface area contributed by atoms with Gasteiger partial charge >= 0.3 is 0 Å². The molecular formula is C16H23NO4S2. The van der Waals surface area contributed by atoms with Crippen molar-refractivity contribution in [1.29, 1.82) is 0 Å². The molecule has 1 fully saturated rings. The summed E-state index contributed by atoms with van der Waals surface area (Å²) in [5.41, 5.74) is 1.21. The number of rotatable bonds is 8. The number of methoxy groups -OCH3 is 1. The van der Waals surface area contributed by atoms with Gasteiger partial charge in [-0.3, -0.25) is 4.79 Å². The van der Waals surface area contributed by atoms with Crippen LogP contribution in [0.2, 0.25) is 0 Å². The largest absolute Gasteiger partial charge is 0.497 e. The summed E-state index contributed by atoms with van der Waals surface area (Å²) in [5.74, 6) is 1.63. The van der Waals surface area contributed by atoms with Crippen molar-refractivity contribution in [2.24, 2.45) is 0 Å². The minimum absolute atomic E-state index is 0.0194. The lowest BCUT2D eigenvalue weighted by atomic mass is 10.1. The van der Waals surface area contributed by atoms with Crippen LogP contribution in [0.25, 0.3) is 0 Å². The van der Waals surface area contributed by atoms with Crippen LogP contribution >= 0.6 is 11.8 Å². The van der Waals surface area contributed by atoms with Crippen molar-refractivity contribution < 1.29 is 17.9 Å². The number of ether oxygens (including phenoxy) is 1. The van der Waals surface area contributed by atoms with Crippen molar-refractivity contribution in [2.45, 2.75) is 24.5 Å². The van der Waals surface area contributed by atoms with E-state index in [2.05, 4.69) is 5.32 Å². The van der Waals surface area contributed by atoms with Gasteiger partial charge in [0.05, 0.1) is 24.4 Å². The smallest absolute Gasteiger partial charge is 0.230 e. The van der Waals surface area contributed by atoms with Gasteiger partial charge in [-0.05, 0) is 37.0 Å². The van der Waals surface area contributed by atoms with Crippen molar-refractivity contribution >= 4 is 27.5 Å². The fourth-order valence-corrected chi connectivity index (χ4v) is 5.92. The predicted molar refractivity (Wildman–Crippen MR) is 93.8 cm³/mol. The number of hydrogen-bond acceptors (Lipinski definition) is 5. The van der Waals surface area contributed by atoms with Gasteiger partial charge in [-0.25, -0.2) is 8.42 Å². The number of carbonyl (C=O) groups is 1. The predicted octanol–water partition coefficient (Wildman–Crippen LogP) is 1.66. The van der Waals surface area contributed by atoms with E-state index < -0.39 is 9.84 Å². The van der Waals surface area contributed by atoms with Crippen molar-refractivity contribution in [1.82, 2.24) is 5.32 Å². The molecule has 5 nitrogen and oxygen atoms in total. The number of sulfone groups is 1. The Morgan fingerprint density at radius 1 is 1.35 bits per heavy atom. The highest BCUT2D eigenvalue weighted by Gasteiger charge is 2.28. The number of nitrogens with one attached hydrogen (secondary N) is 1. The van der Waals surface area contributed by atoms with Gasteiger partial charge in [0, 0.05) is 11.8 Å². The van der Waals surface area contributed by atoms with E-state index in [0.29, 0.717) is 18.7 Å². The molecule has 0 bridgehead atoms. The van der Waals surface area contributed by atoms with Gasteiger partial charge in [-0.15, -0.1) is 11.8 Å². The number of carbonyl (C=O) groups excluding carboxylic acids is 1. The molecule has 1 atom stereocenters. The van der Waals surface area contributed by atoms with E-state index in [0.717, 1.165) is 18.6 Å². The van der Waals surface area contributed by atoms with Gasteiger partial charge in [-0.1, -0.05) is 12.1 Å². The second kappa shape index (κ2) is 8.59. The van der Waals surface area contributed by atoms with Gasteiger partial charge < -0.3 is 10.1 Å². The van der Waals surface area contributed by atoms with E-state index in [9.17, 15) is 13.2 Å². The normalized spacial score (nSPS) is 19.4. The zero-order valence-corrected chi connectivity index (χ0v) is 14.9. The lowest BCUT2D eigenvalue weighted by molar-refractivity contribution is -0.118. The topological polar surface area (TPSA) is 72.5 Å². The Morgan fingerprint density at radius 3 is 2.70 bits per heavy atom. The first-order chi connectivity index (χ1) is 11.0. The van der Waals surface area contributed by atoms with Crippen LogP contribution in [0, 0.1) is 0 Å². The molecule has 1 aromatic carbocycles. The first-order valence-electron chi connectivity index (χ1n) is 7.70. The zero-order valence-electron chi connectivity index (χ0n) is 13.3. The molecule has 1 unspecified atom stereocenters. The van der Waals surface area contributed by atoms with Crippen molar-refractivity contribution in [3.8, 4) is 5.75 Å². The van der Waals surface area contributed by atoms with Crippen LogP contribution < -0.4 is 10.1 Å². The first kappa shape index (κ1) is 18.1. The number of aryl methyl sites for hydroxylation is 1. The third-order valence-electron chi connectivity index (χ3n) is 3.76. The Labute approximate surface area is 142 Å². The van der Waals surface area contributed by atoms with Crippen LogP contribution in [0.4, 0.5) is 0 Å². The van der Waals surface area contributed by atoms with E-state index in [1.165, 1.54) is 17.3 Å². The molecule has 1 aromatic rings. The molecule has 0 saturated carbocycles. The molecule has 0 radical (unpaired) electrons. The van der Waals surface area contributed by atoms with E-state index in [-0.39, 0.29) is 22.7 Å². The van der Waals surface area contributed by atoms with Crippen molar-refractivity contribution in [3.63, 3.8) is 0 Å². The van der Waals surface area contributed by atoms with E-state index in [4.69, 9.17) is 4.74 Å². The Bertz CT molecular complexity index is 613. The van der Waals surface area contributed by atoms with Crippen molar-refractivity contribution in [3.05, 3.63) is 29.8 Å². The van der Waals surface area contributed by atoms with Crippen LogP contribution in [-0.4, -0.2) is 50.5 Å². The maximum atomic E-state index is 11.8. The number of hydrogen-bond donors (Lipinski definition) is 1. The van der Waals surface area contributed by atoms with E-state index in [1.54, 1.807) is 7.11 Å². The van der Waals surface area contributed by atoms with Gasteiger partial charge in [0.2, 0.25) is 5.91 Å². The van der Waals surface area contributed by atoms with Crippen LogP contribution in [0.5, 0.6) is 5.75 Å². The zero-order chi connectivity index (χ0) is 16.7. The standard InChI is InChI=1S/C16H23NO4S2/c1-21-14-6-4-13(5-7-14)3-2-9-17-16(18)11-22-15-8-10-23(19,20)12-15/h4-7,15H,2-3,8-12H2,1H3,(H,17,18). The van der Waals surface area contributed by atoms with Crippen LogP contribution in [0.1, 0.15) is 18.4 Å². The second-order valence-corrected chi connectivity index (χ2v) is 9.16. The molecule has 23 heavy (non-hydrogen) atoms. The van der Waals surface area contributed by atoms with Gasteiger partial charge in [0.25, 0.3) is 0 Å². The quantitative estimate of drug-likeness (QED) is 0.717. The summed E-state index contributed by atoms with van der Waals surface area (Å²) in [6.45, 7) is 0.633. The molecule has 128 valence electrons. The highest BCUT2D eigenvalue weighted by atomic mass is 32.2. The fourth-order valence-electron chi connectivity index (χ4n) is 2.45. The molecule has 0 spiro atoms. The summed E-state index contributed by atoms with van der Waals surface area (Å²) in [4.78, 5) is 11.8. The Hall–Kier alpha value is -1.21. The first-order valence-corrected chi connectivity index (χ1v) is 10.6. The van der Waals surface area contributed by atoms with Crippen LogP contribution in [0.3, 0.4) is 0 Å². The summed E-state index contributed by atoms with van der Waals surface area (Å²) < 4.78 is 27.8. The summed E-state index contributed by atoms with van der Waals surface area (Å²) in [6, 6.07) is 7.91. The van der Waals surface area contributed by atoms with Gasteiger partial charge in [-0.2, -0.15) is 0 Å². The Kier molecular flexibility index (Phi) is 6.77. The molecule has 1 saturated heterocycles. The SMILES string of the molecule is COc1ccc(CCCNC(=O)CSC2CCS(=O)(=O)C2)cc1. The number of amides is 1. The van der Waals surface area contributed by atoms with E-state index in [1.807, 2.05) is 24.3 Å². The molecule has 1 amide bonds.